The SMILES string of the molecule is Cc1cccc(C)c1N1C(=O)[C@@H]2C(c3ccc(Br)cc3)=NO[C@H]2C1=O. The van der Waals surface area contributed by atoms with Gasteiger partial charge in [0.2, 0.25) is 12.0 Å². The van der Waals surface area contributed by atoms with Crippen molar-refractivity contribution in [3.8, 4) is 0 Å². The minimum Gasteiger partial charge on any atom is -0.381 e. The molecular weight excluding hydrogens is 384 g/mol. The van der Waals surface area contributed by atoms with Crippen molar-refractivity contribution in [3.63, 3.8) is 0 Å². The van der Waals surface area contributed by atoms with Gasteiger partial charge in [-0.2, -0.15) is 0 Å². The molecule has 126 valence electrons. The normalized spacial score (nSPS) is 22.0. The van der Waals surface area contributed by atoms with Gasteiger partial charge in [0.1, 0.15) is 11.6 Å². The molecule has 4 rings (SSSR count). The number of halogens is 1. The fraction of sp³-hybridized carbons (Fsp3) is 0.211. The number of carbonyl (C=O) groups excluding carboxylic acids is 2. The Bertz CT molecular complexity index is 901. The molecule has 2 heterocycles. The van der Waals surface area contributed by atoms with Crippen LogP contribution in [-0.4, -0.2) is 23.6 Å². The van der Waals surface area contributed by atoms with Crippen LogP contribution >= 0.6 is 15.9 Å². The first kappa shape index (κ1) is 16.0. The number of imide groups is 1. The minimum atomic E-state index is -0.884. The van der Waals surface area contributed by atoms with Gasteiger partial charge in [0, 0.05) is 10.0 Å². The average molecular weight is 399 g/mol. The van der Waals surface area contributed by atoms with Crippen LogP contribution in [0.3, 0.4) is 0 Å². The molecule has 0 spiro atoms. The highest BCUT2D eigenvalue weighted by Gasteiger charge is 2.56. The third-order valence-electron chi connectivity index (χ3n) is 4.62. The molecule has 0 N–H and O–H groups in total. The summed E-state index contributed by atoms with van der Waals surface area (Å²) < 4.78 is 0.929. The molecule has 2 amide bonds. The molecule has 0 unspecified atom stereocenters. The van der Waals surface area contributed by atoms with Crippen molar-refractivity contribution in [1.82, 2.24) is 0 Å². The number of oxime groups is 1. The summed E-state index contributed by atoms with van der Waals surface area (Å²) in [6.07, 6.45) is -0.884. The van der Waals surface area contributed by atoms with Gasteiger partial charge >= 0.3 is 0 Å². The number of anilines is 1. The number of para-hydroxylation sites is 1. The van der Waals surface area contributed by atoms with Gasteiger partial charge in [0.25, 0.3) is 5.91 Å². The van der Waals surface area contributed by atoms with Crippen LogP contribution in [-0.2, 0) is 14.4 Å². The van der Waals surface area contributed by atoms with Gasteiger partial charge in [-0.25, -0.2) is 4.90 Å². The van der Waals surface area contributed by atoms with Crippen LogP contribution in [0.1, 0.15) is 16.7 Å². The van der Waals surface area contributed by atoms with E-state index in [2.05, 4.69) is 21.1 Å². The second kappa shape index (κ2) is 5.81. The summed E-state index contributed by atoms with van der Waals surface area (Å²) in [7, 11) is 0. The van der Waals surface area contributed by atoms with Crippen LogP contribution in [0, 0.1) is 19.8 Å². The Balaban J connectivity index is 1.75. The van der Waals surface area contributed by atoms with Crippen LogP contribution in [0.2, 0.25) is 0 Å². The summed E-state index contributed by atoms with van der Waals surface area (Å²) in [5.74, 6) is -1.34. The quantitative estimate of drug-likeness (QED) is 0.728. The number of fused-ring (bicyclic) bond motifs is 1. The van der Waals surface area contributed by atoms with E-state index in [1.807, 2.05) is 56.3 Å². The molecule has 0 saturated carbocycles. The highest BCUT2D eigenvalue weighted by molar-refractivity contribution is 9.10. The molecule has 1 fully saturated rings. The Hall–Kier alpha value is -2.47. The second-order valence-electron chi connectivity index (χ2n) is 6.24. The largest absolute Gasteiger partial charge is 0.381 e. The number of hydrogen-bond acceptors (Lipinski definition) is 4. The smallest absolute Gasteiger partial charge is 0.278 e. The lowest BCUT2D eigenvalue weighted by molar-refractivity contribution is -0.126. The molecule has 5 nitrogen and oxygen atoms in total. The lowest BCUT2D eigenvalue weighted by atomic mass is 9.94. The second-order valence-corrected chi connectivity index (χ2v) is 7.16. The molecule has 25 heavy (non-hydrogen) atoms. The molecular formula is C19H15BrN2O3. The number of carbonyl (C=O) groups is 2. The molecule has 0 aliphatic carbocycles. The topological polar surface area (TPSA) is 59.0 Å². The Labute approximate surface area is 153 Å². The number of amides is 2. The summed E-state index contributed by atoms with van der Waals surface area (Å²) in [6, 6.07) is 13.1. The molecule has 2 aromatic carbocycles. The summed E-state index contributed by atoms with van der Waals surface area (Å²) >= 11 is 3.39. The first-order chi connectivity index (χ1) is 12.0. The Morgan fingerprint density at radius 2 is 1.64 bits per heavy atom. The summed E-state index contributed by atoms with van der Waals surface area (Å²) in [5.41, 5.74) is 3.68. The van der Waals surface area contributed by atoms with Gasteiger partial charge in [0.15, 0.2) is 0 Å². The zero-order valence-electron chi connectivity index (χ0n) is 13.7. The van der Waals surface area contributed by atoms with Crippen molar-refractivity contribution < 1.29 is 14.4 Å². The van der Waals surface area contributed by atoms with Crippen LogP contribution in [0.25, 0.3) is 0 Å². The van der Waals surface area contributed by atoms with E-state index in [4.69, 9.17) is 4.84 Å². The van der Waals surface area contributed by atoms with Crippen LogP contribution in [0.15, 0.2) is 52.1 Å². The van der Waals surface area contributed by atoms with Gasteiger partial charge in [-0.15, -0.1) is 0 Å². The summed E-state index contributed by atoms with van der Waals surface area (Å²) in [6.45, 7) is 3.78. The summed E-state index contributed by atoms with van der Waals surface area (Å²) in [5, 5.41) is 4.03. The molecule has 1 saturated heterocycles. The number of rotatable bonds is 2. The van der Waals surface area contributed by atoms with Crippen molar-refractivity contribution in [2.24, 2.45) is 11.1 Å². The highest BCUT2D eigenvalue weighted by Crippen LogP contribution is 2.37. The van der Waals surface area contributed by atoms with E-state index < -0.39 is 12.0 Å². The third kappa shape index (κ3) is 2.40. The monoisotopic (exact) mass is 398 g/mol. The van der Waals surface area contributed by atoms with Gasteiger partial charge in [-0.3, -0.25) is 9.59 Å². The standard InChI is InChI=1S/C19H15BrN2O3/c1-10-4-3-5-11(2)16(10)22-18(23)14-15(21-25-17(14)19(22)24)12-6-8-13(20)9-7-12/h3-9,14,17H,1-2H3/t14-,17-/m1/s1. The van der Waals surface area contributed by atoms with E-state index >= 15 is 0 Å². The van der Waals surface area contributed by atoms with E-state index in [9.17, 15) is 9.59 Å². The third-order valence-corrected chi connectivity index (χ3v) is 5.14. The predicted molar refractivity (Wildman–Crippen MR) is 97.5 cm³/mol. The van der Waals surface area contributed by atoms with Crippen molar-refractivity contribution in [2.45, 2.75) is 20.0 Å². The Kier molecular flexibility index (Phi) is 3.72. The van der Waals surface area contributed by atoms with Gasteiger partial charge in [0.05, 0.1) is 5.69 Å². The Morgan fingerprint density at radius 1 is 1.00 bits per heavy atom. The Morgan fingerprint density at radius 3 is 2.28 bits per heavy atom. The van der Waals surface area contributed by atoms with E-state index in [1.165, 1.54) is 4.90 Å². The molecule has 2 aliphatic heterocycles. The molecule has 0 aromatic heterocycles. The molecule has 6 heteroatoms. The number of nitrogens with zero attached hydrogens (tertiary/aromatic N) is 2. The van der Waals surface area contributed by atoms with Gasteiger partial charge in [-0.05, 0) is 37.1 Å². The maximum atomic E-state index is 13.1. The number of hydrogen-bond donors (Lipinski definition) is 0. The van der Waals surface area contributed by atoms with E-state index in [-0.39, 0.29) is 11.8 Å². The average Bonchev–Trinajstić information content (AvgIpc) is 3.11. The van der Waals surface area contributed by atoms with Crippen molar-refractivity contribution in [3.05, 3.63) is 63.6 Å². The number of aryl methyl sites for hydroxylation is 2. The zero-order valence-corrected chi connectivity index (χ0v) is 15.3. The van der Waals surface area contributed by atoms with Crippen LogP contribution in [0.4, 0.5) is 5.69 Å². The molecule has 0 bridgehead atoms. The first-order valence-electron chi connectivity index (χ1n) is 7.92. The van der Waals surface area contributed by atoms with Crippen molar-refractivity contribution in [1.29, 1.82) is 0 Å². The van der Waals surface area contributed by atoms with Crippen LogP contribution in [0.5, 0.6) is 0 Å². The molecule has 2 atom stereocenters. The minimum absolute atomic E-state index is 0.286. The molecule has 0 radical (unpaired) electrons. The van der Waals surface area contributed by atoms with Gasteiger partial charge < -0.3 is 4.84 Å². The van der Waals surface area contributed by atoms with Crippen LogP contribution < -0.4 is 4.90 Å². The van der Waals surface area contributed by atoms with Crippen molar-refractivity contribution in [2.75, 3.05) is 4.90 Å². The highest BCUT2D eigenvalue weighted by atomic mass is 79.9. The lowest BCUT2D eigenvalue weighted by Gasteiger charge is -2.20. The zero-order chi connectivity index (χ0) is 17.7. The van der Waals surface area contributed by atoms with Crippen molar-refractivity contribution >= 4 is 39.1 Å². The fourth-order valence-corrected chi connectivity index (χ4v) is 3.68. The lowest BCUT2D eigenvalue weighted by Crippen LogP contribution is -2.34. The van der Waals surface area contributed by atoms with E-state index in [0.29, 0.717) is 11.4 Å². The van der Waals surface area contributed by atoms with E-state index in [0.717, 1.165) is 21.2 Å². The maximum Gasteiger partial charge on any atom is 0.278 e. The van der Waals surface area contributed by atoms with E-state index in [1.54, 1.807) is 0 Å². The predicted octanol–water partition coefficient (Wildman–Crippen LogP) is 3.36. The summed E-state index contributed by atoms with van der Waals surface area (Å²) in [4.78, 5) is 32.5. The first-order valence-corrected chi connectivity index (χ1v) is 8.72. The number of benzene rings is 2. The fourth-order valence-electron chi connectivity index (χ4n) is 3.42. The molecule has 2 aromatic rings. The van der Waals surface area contributed by atoms with Gasteiger partial charge in [-0.1, -0.05) is 51.4 Å². The molecule has 2 aliphatic rings. The maximum absolute atomic E-state index is 13.1.